The van der Waals surface area contributed by atoms with E-state index in [1.165, 1.54) is 24.0 Å². The van der Waals surface area contributed by atoms with Gasteiger partial charge in [-0.1, -0.05) is 0 Å². The van der Waals surface area contributed by atoms with E-state index in [0.717, 1.165) is 24.5 Å². The van der Waals surface area contributed by atoms with Gasteiger partial charge in [-0.15, -0.1) is 0 Å². The van der Waals surface area contributed by atoms with Crippen molar-refractivity contribution in [1.82, 2.24) is 5.32 Å². The molecule has 17 heavy (non-hydrogen) atoms. The first-order valence-corrected chi connectivity index (χ1v) is 6.19. The van der Waals surface area contributed by atoms with Gasteiger partial charge in [0.15, 0.2) is 11.5 Å². The minimum absolute atomic E-state index is 0.617. The molecule has 94 valence electrons. The molecule has 1 aliphatic rings. The lowest BCUT2D eigenvalue weighted by molar-refractivity contribution is 0.354. The Labute approximate surface area is 103 Å². The van der Waals surface area contributed by atoms with Gasteiger partial charge in [0.25, 0.3) is 0 Å². The average Bonchev–Trinajstić information content (AvgIpc) is 2.84. The summed E-state index contributed by atoms with van der Waals surface area (Å²) in [5.41, 5.74) is 2.62. The molecule has 0 saturated carbocycles. The summed E-state index contributed by atoms with van der Waals surface area (Å²) in [6, 6.07) is 4.78. The Morgan fingerprint density at radius 3 is 2.53 bits per heavy atom. The van der Waals surface area contributed by atoms with Gasteiger partial charge in [-0.2, -0.15) is 0 Å². The van der Waals surface area contributed by atoms with Crippen molar-refractivity contribution >= 4 is 0 Å². The molecule has 1 aromatic carbocycles. The maximum absolute atomic E-state index is 5.35. The van der Waals surface area contributed by atoms with Gasteiger partial charge in [-0.25, -0.2) is 0 Å². The second-order valence-electron chi connectivity index (χ2n) is 4.63. The molecule has 1 fully saturated rings. The van der Waals surface area contributed by atoms with Crippen LogP contribution in [0.15, 0.2) is 12.1 Å². The summed E-state index contributed by atoms with van der Waals surface area (Å²) in [4.78, 5) is 0. The molecular formula is C14H21NO2. The third-order valence-corrected chi connectivity index (χ3v) is 3.47. The zero-order valence-electron chi connectivity index (χ0n) is 10.9. The van der Waals surface area contributed by atoms with Gasteiger partial charge in [0.2, 0.25) is 0 Å². The Kier molecular flexibility index (Phi) is 3.89. The zero-order chi connectivity index (χ0) is 12.3. The molecule has 0 radical (unpaired) electrons. The molecular weight excluding hydrogens is 214 g/mol. The van der Waals surface area contributed by atoms with Crippen LogP contribution in [0.2, 0.25) is 0 Å². The molecule has 1 heterocycles. The largest absolute Gasteiger partial charge is 0.493 e. The van der Waals surface area contributed by atoms with Gasteiger partial charge in [-0.3, -0.25) is 0 Å². The molecule has 1 aliphatic heterocycles. The highest BCUT2D eigenvalue weighted by molar-refractivity contribution is 5.47. The van der Waals surface area contributed by atoms with E-state index in [4.69, 9.17) is 9.47 Å². The van der Waals surface area contributed by atoms with Gasteiger partial charge in [0.05, 0.1) is 14.2 Å². The lowest BCUT2D eigenvalue weighted by Crippen LogP contribution is -2.24. The van der Waals surface area contributed by atoms with Crippen LogP contribution in [0.3, 0.4) is 0 Å². The first-order chi connectivity index (χ1) is 8.24. The Bertz CT molecular complexity index is 384. The lowest BCUT2D eigenvalue weighted by Gasteiger charge is -2.15. The molecule has 1 unspecified atom stereocenters. The van der Waals surface area contributed by atoms with Crippen molar-refractivity contribution in [2.45, 2.75) is 32.2 Å². The summed E-state index contributed by atoms with van der Waals surface area (Å²) in [5.74, 6) is 1.64. The van der Waals surface area contributed by atoms with Crippen LogP contribution >= 0.6 is 0 Å². The molecule has 2 rings (SSSR count). The van der Waals surface area contributed by atoms with Crippen LogP contribution in [0.5, 0.6) is 11.5 Å². The fourth-order valence-corrected chi connectivity index (χ4v) is 2.44. The van der Waals surface area contributed by atoms with Crippen LogP contribution < -0.4 is 14.8 Å². The molecule has 3 nitrogen and oxygen atoms in total. The van der Waals surface area contributed by atoms with Crippen LogP contribution in [-0.4, -0.2) is 26.8 Å². The minimum Gasteiger partial charge on any atom is -0.493 e. The fourth-order valence-electron chi connectivity index (χ4n) is 2.44. The van der Waals surface area contributed by atoms with Crippen LogP contribution in [0.1, 0.15) is 24.0 Å². The van der Waals surface area contributed by atoms with Gasteiger partial charge in [0.1, 0.15) is 0 Å². The number of methoxy groups -OCH3 is 2. The normalized spacial score (nSPS) is 19.4. The fraction of sp³-hybridized carbons (Fsp3) is 0.571. The zero-order valence-corrected chi connectivity index (χ0v) is 10.9. The first-order valence-electron chi connectivity index (χ1n) is 6.19. The van der Waals surface area contributed by atoms with E-state index in [2.05, 4.69) is 24.4 Å². The number of benzene rings is 1. The third kappa shape index (κ3) is 2.72. The average molecular weight is 235 g/mol. The van der Waals surface area contributed by atoms with Crippen molar-refractivity contribution in [1.29, 1.82) is 0 Å². The Hall–Kier alpha value is -1.22. The number of rotatable bonds is 4. The highest BCUT2D eigenvalue weighted by atomic mass is 16.5. The second-order valence-corrected chi connectivity index (χ2v) is 4.63. The maximum atomic E-state index is 5.35. The first kappa shape index (κ1) is 12.2. The quantitative estimate of drug-likeness (QED) is 0.868. The molecule has 0 aliphatic carbocycles. The summed E-state index contributed by atoms with van der Waals surface area (Å²) in [6.07, 6.45) is 3.64. The molecule has 0 spiro atoms. The Morgan fingerprint density at radius 1 is 1.24 bits per heavy atom. The van der Waals surface area contributed by atoms with Crippen LogP contribution in [0.4, 0.5) is 0 Å². The smallest absolute Gasteiger partial charge is 0.161 e. The maximum Gasteiger partial charge on any atom is 0.161 e. The van der Waals surface area contributed by atoms with Crippen LogP contribution in [0, 0.1) is 6.92 Å². The molecule has 0 aromatic heterocycles. The number of ether oxygens (including phenoxy) is 2. The number of hydrogen-bond donors (Lipinski definition) is 1. The van der Waals surface area contributed by atoms with Crippen molar-refractivity contribution in [3.63, 3.8) is 0 Å². The van der Waals surface area contributed by atoms with Crippen molar-refractivity contribution in [3.05, 3.63) is 23.3 Å². The molecule has 0 bridgehead atoms. The molecule has 1 atom stereocenters. The van der Waals surface area contributed by atoms with Crippen LogP contribution in [0.25, 0.3) is 0 Å². The van der Waals surface area contributed by atoms with Crippen LogP contribution in [-0.2, 0) is 6.42 Å². The monoisotopic (exact) mass is 235 g/mol. The lowest BCUT2D eigenvalue weighted by atomic mass is 9.99. The highest BCUT2D eigenvalue weighted by Crippen LogP contribution is 2.31. The van der Waals surface area contributed by atoms with Crippen molar-refractivity contribution in [3.8, 4) is 11.5 Å². The second kappa shape index (κ2) is 5.41. The third-order valence-electron chi connectivity index (χ3n) is 3.47. The van der Waals surface area contributed by atoms with Crippen molar-refractivity contribution in [2.24, 2.45) is 0 Å². The SMILES string of the molecule is COc1cc(C)c(CC2CCCN2)cc1OC. The molecule has 1 N–H and O–H groups in total. The summed E-state index contributed by atoms with van der Waals surface area (Å²) < 4.78 is 10.7. The molecule has 3 heteroatoms. The summed E-state index contributed by atoms with van der Waals surface area (Å²) >= 11 is 0. The van der Waals surface area contributed by atoms with Gasteiger partial charge in [-0.05, 0) is 56.0 Å². The molecule has 1 aromatic rings. The number of aryl methyl sites for hydroxylation is 1. The predicted octanol–water partition coefficient (Wildman–Crippen LogP) is 2.31. The Balaban J connectivity index is 2.20. The van der Waals surface area contributed by atoms with Gasteiger partial charge >= 0.3 is 0 Å². The van der Waals surface area contributed by atoms with E-state index < -0.39 is 0 Å². The standard InChI is InChI=1S/C14H21NO2/c1-10-7-13(16-2)14(17-3)9-11(10)8-12-5-4-6-15-12/h7,9,12,15H,4-6,8H2,1-3H3. The van der Waals surface area contributed by atoms with E-state index in [0.29, 0.717) is 6.04 Å². The predicted molar refractivity (Wildman–Crippen MR) is 69.0 cm³/mol. The van der Waals surface area contributed by atoms with E-state index in [-0.39, 0.29) is 0 Å². The topological polar surface area (TPSA) is 30.5 Å². The molecule has 0 amide bonds. The number of nitrogens with one attached hydrogen (secondary N) is 1. The molecule has 1 saturated heterocycles. The van der Waals surface area contributed by atoms with Gasteiger partial charge in [0, 0.05) is 6.04 Å². The van der Waals surface area contributed by atoms with E-state index in [1.54, 1.807) is 14.2 Å². The van der Waals surface area contributed by atoms with E-state index >= 15 is 0 Å². The van der Waals surface area contributed by atoms with E-state index in [1.807, 2.05) is 0 Å². The summed E-state index contributed by atoms with van der Waals surface area (Å²) in [5, 5.41) is 3.53. The van der Waals surface area contributed by atoms with Crippen molar-refractivity contribution in [2.75, 3.05) is 20.8 Å². The van der Waals surface area contributed by atoms with Gasteiger partial charge < -0.3 is 14.8 Å². The summed E-state index contributed by atoms with van der Waals surface area (Å²) in [6.45, 7) is 3.28. The minimum atomic E-state index is 0.617. The highest BCUT2D eigenvalue weighted by Gasteiger charge is 2.17. The number of hydrogen-bond acceptors (Lipinski definition) is 3. The Morgan fingerprint density at radius 2 is 1.94 bits per heavy atom. The van der Waals surface area contributed by atoms with Crippen molar-refractivity contribution < 1.29 is 9.47 Å². The summed E-state index contributed by atoms with van der Waals surface area (Å²) in [7, 11) is 3.36. The van der Waals surface area contributed by atoms with E-state index in [9.17, 15) is 0 Å².